The number of piperidine rings is 1. The summed E-state index contributed by atoms with van der Waals surface area (Å²) in [5.74, 6) is 2.47. The van der Waals surface area contributed by atoms with Crippen molar-refractivity contribution in [1.82, 2.24) is 24.8 Å². The molecule has 1 saturated heterocycles. The Kier molecular flexibility index (Phi) is 5.20. The molecule has 0 unspecified atom stereocenters. The van der Waals surface area contributed by atoms with Crippen molar-refractivity contribution in [2.24, 2.45) is 0 Å². The van der Waals surface area contributed by atoms with E-state index in [1.807, 2.05) is 25.4 Å². The second-order valence-electron chi connectivity index (χ2n) is 6.40. The summed E-state index contributed by atoms with van der Waals surface area (Å²) in [7, 11) is 1.83. The number of nitrogens with one attached hydrogen (secondary N) is 2. The molecule has 2 aromatic rings. The molecule has 2 N–H and O–H groups in total. The Hall–Kier alpha value is -2.28. The Balaban J connectivity index is 1.74. The molecule has 3 rings (SSSR count). The Labute approximate surface area is 143 Å². The number of nitrogens with zero attached hydrogens (tertiary/aromatic N) is 5. The molecule has 1 fully saturated rings. The molecule has 0 aromatic carbocycles. The topological polar surface area (TPSA) is 78.9 Å². The van der Waals surface area contributed by atoms with Gasteiger partial charge in [-0.1, -0.05) is 0 Å². The summed E-state index contributed by atoms with van der Waals surface area (Å²) in [6.45, 7) is 6.75. The second kappa shape index (κ2) is 7.53. The first-order chi connectivity index (χ1) is 11.7. The van der Waals surface area contributed by atoms with Crippen LogP contribution in [0.15, 0.2) is 24.7 Å². The average Bonchev–Trinajstić information content (AvgIpc) is 2.62. The van der Waals surface area contributed by atoms with Crippen molar-refractivity contribution in [3.8, 4) is 0 Å². The molecule has 3 heterocycles. The first-order valence-electron chi connectivity index (χ1n) is 8.49. The van der Waals surface area contributed by atoms with Gasteiger partial charge in [0.05, 0.1) is 5.69 Å². The SMILES string of the molecule is CNc1cc(Nc2nccc([C@@H]3CCCN(C(C)C)C3)n2)ncn1. The molecular weight excluding hydrogens is 302 g/mol. The highest BCUT2D eigenvalue weighted by molar-refractivity contribution is 5.52. The molecule has 0 bridgehead atoms. The lowest BCUT2D eigenvalue weighted by molar-refractivity contribution is 0.166. The zero-order chi connectivity index (χ0) is 16.9. The van der Waals surface area contributed by atoms with E-state index in [0.29, 0.717) is 23.7 Å². The van der Waals surface area contributed by atoms with Gasteiger partial charge in [-0.05, 0) is 39.3 Å². The molecule has 1 atom stereocenters. The van der Waals surface area contributed by atoms with Gasteiger partial charge in [0.2, 0.25) is 5.95 Å². The highest BCUT2D eigenvalue weighted by Crippen LogP contribution is 2.27. The van der Waals surface area contributed by atoms with E-state index >= 15 is 0 Å². The number of hydrogen-bond donors (Lipinski definition) is 2. The van der Waals surface area contributed by atoms with Gasteiger partial charge in [-0.2, -0.15) is 0 Å². The molecule has 7 nitrogen and oxygen atoms in total. The van der Waals surface area contributed by atoms with Gasteiger partial charge in [0.25, 0.3) is 0 Å². The number of aromatic nitrogens is 4. The Morgan fingerprint density at radius 1 is 1.21 bits per heavy atom. The van der Waals surface area contributed by atoms with E-state index in [4.69, 9.17) is 4.98 Å². The highest BCUT2D eigenvalue weighted by atomic mass is 15.2. The monoisotopic (exact) mass is 327 g/mol. The molecule has 0 amide bonds. The summed E-state index contributed by atoms with van der Waals surface area (Å²) < 4.78 is 0. The predicted octanol–water partition coefficient (Wildman–Crippen LogP) is 2.64. The summed E-state index contributed by atoms with van der Waals surface area (Å²) in [4.78, 5) is 19.9. The molecule has 1 aliphatic heterocycles. The fraction of sp³-hybridized carbons (Fsp3) is 0.529. The van der Waals surface area contributed by atoms with Crippen molar-refractivity contribution in [2.75, 3.05) is 30.8 Å². The molecular formula is C17H25N7. The van der Waals surface area contributed by atoms with E-state index in [0.717, 1.165) is 18.1 Å². The van der Waals surface area contributed by atoms with E-state index in [2.05, 4.69) is 44.3 Å². The van der Waals surface area contributed by atoms with Gasteiger partial charge in [-0.3, -0.25) is 0 Å². The zero-order valence-corrected chi connectivity index (χ0v) is 14.5. The first kappa shape index (κ1) is 16.6. The van der Waals surface area contributed by atoms with Crippen molar-refractivity contribution in [1.29, 1.82) is 0 Å². The third kappa shape index (κ3) is 3.97. The van der Waals surface area contributed by atoms with Gasteiger partial charge < -0.3 is 15.5 Å². The van der Waals surface area contributed by atoms with Crippen LogP contribution in [-0.2, 0) is 0 Å². The van der Waals surface area contributed by atoms with Crippen LogP contribution >= 0.6 is 0 Å². The summed E-state index contributed by atoms with van der Waals surface area (Å²) in [6.07, 6.45) is 5.73. The van der Waals surface area contributed by atoms with Crippen LogP contribution in [0.1, 0.15) is 38.3 Å². The van der Waals surface area contributed by atoms with Crippen molar-refractivity contribution in [2.45, 2.75) is 38.6 Å². The maximum Gasteiger partial charge on any atom is 0.228 e. The maximum absolute atomic E-state index is 4.71. The van der Waals surface area contributed by atoms with Crippen molar-refractivity contribution in [3.05, 3.63) is 30.4 Å². The largest absolute Gasteiger partial charge is 0.373 e. The molecule has 128 valence electrons. The van der Waals surface area contributed by atoms with Gasteiger partial charge in [0.1, 0.15) is 18.0 Å². The average molecular weight is 327 g/mol. The van der Waals surface area contributed by atoms with Crippen LogP contribution in [0.3, 0.4) is 0 Å². The quantitative estimate of drug-likeness (QED) is 0.874. The number of anilines is 3. The zero-order valence-electron chi connectivity index (χ0n) is 14.5. The van der Waals surface area contributed by atoms with Crippen molar-refractivity contribution >= 4 is 17.6 Å². The molecule has 0 aliphatic carbocycles. The van der Waals surface area contributed by atoms with Gasteiger partial charge in [-0.15, -0.1) is 0 Å². The van der Waals surface area contributed by atoms with Gasteiger partial charge in [0, 0.05) is 37.8 Å². The highest BCUT2D eigenvalue weighted by Gasteiger charge is 2.24. The third-order valence-electron chi connectivity index (χ3n) is 4.44. The van der Waals surface area contributed by atoms with Crippen LogP contribution in [0.2, 0.25) is 0 Å². The minimum atomic E-state index is 0.461. The van der Waals surface area contributed by atoms with E-state index < -0.39 is 0 Å². The molecule has 24 heavy (non-hydrogen) atoms. The van der Waals surface area contributed by atoms with Crippen LogP contribution in [-0.4, -0.2) is 51.0 Å². The van der Waals surface area contributed by atoms with Gasteiger partial charge in [0.15, 0.2) is 0 Å². The first-order valence-corrected chi connectivity index (χ1v) is 8.49. The van der Waals surface area contributed by atoms with Crippen LogP contribution in [0.5, 0.6) is 0 Å². The molecule has 7 heteroatoms. The Bertz CT molecular complexity index is 673. The van der Waals surface area contributed by atoms with E-state index in [1.165, 1.54) is 25.7 Å². The lowest BCUT2D eigenvalue weighted by atomic mass is 9.94. The number of rotatable bonds is 5. The smallest absolute Gasteiger partial charge is 0.228 e. The second-order valence-corrected chi connectivity index (χ2v) is 6.40. The minimum Gasteiger partial charge on any atom is -0.373 e. The molecule has 1 aliphatic rings. The fourth-order valence-electron chi connectivity index (χ4n) is 3.05. The van der Waals surface area contributed by atoms with Crippen molar-refractivity contribution < 1.29 is 0 Å². The molecule has 0 spiro atoms. The maximum atomic E-state index is 4.71. The summed E-state index contributed by atoms with van der Waals surface area (Å²) in [5, 5.41) is 6.16. The summed E-state index contributed by atoms with van der Waals surface area (Å²) >= 11 is 0. The normalized spacial score (nSPS) is 18.6. The summed E-state index contributed by atoms with van der Waals surface area (Å²) in [6, 6.07) is 4.43. The summed E-state index contributed by atoms with van der Waals surface area (Å²) in [5.41, 5.74) is 1.10. The molecule has 2 aromatic heterocycles. The Morgan fingerprint density at radius 2 is 2.04 bits per heavy atom. The predicted molar refractivity (Wildman–Crippen MR) is 95.6 cm³/mol. The minimum absolute atomic E-state index is 0.461. The van der Waals surface area contributed by atoms with E-state index in [1.54, 1.807) is 0 Å². The van der Waals surface area contributed by atoms with Crippen molar-refractivity contribution in [3.63, 3.8) is 0 Å². The number of hydrogen-bond acceptors (Lipinski definition) is 7. The Morgan fingerprint density at radius 3 is 2.83 bits per heavy atom. The van der Waals surface area contributed by atoms with Crippen LogP contribution < -0.4 is 10.6 Å². The van der Waals surface area contributed by atoms with E-state index in [-0.39, 0.29) is 0 Å². The molecule has 0 saturated carbocycles. The third-order valence-corrected chi connectivity index (χ3v) is 4.44. The van der Waals surface area contributed by atoms with Gasteiger partial charge >= 0.3 is 0 Å². The van der Waals surface area contributed by atoms with E-state index in [9.17, 15) is 0 Å². The van der Waals surface area contributed by atoms with Crippen LogP contribution in [0.25, 0.3) is 0 Å². The molecule has 0 radical (unpaired) electrons. The fourth-order valence-corrected chi connectivity index (χ4v) is 3.05. The van der Waals surface area contributed by atoms with Crippen LogP contribution in [0.4, 0.5) is 17.6 Å². The lowest BCUT2D eigenvalue weighted by Crippen LogP contribution is -2.39. The lowest BCUT2D eigenvalue weighted by Gasteiger charge is -2.35. The standard InChI is InChI=1S/C17H25N7/c1-12(2)24-8-4-5-13(10-24)14-6-7-19-17(22-14)23-16-9-15(18-3)20-11-21-16/h6-7,9,11-13H,4-5,8,10H2,1-3H3,(H2,18,19,20,21,22,23)/t13-/m1/s1. The van der Waals surface area contributed by atoms with Gasteiger partial charge in [-0.25, -0.2) is 19.9 Å². The number of likely N-dealkylation sites (tertiary alicyclic amines) is 1. The van der Waals surface area contributed by atoms with Crippen LogP contribution in [0, 0.1) is 0 Å².